The minimum Gasteiger partial charge on any atom is -0.381 e. The molecular formula is C19H19N5O2. The van der Waals surface area contributed by atoms with Crippen LogP contribution in [0.15, 0.2) is 49.1 Å². The number of carbonyl (C=O) groups excluding carboxylic acids is 1. The lowest BCUT2D eigenvalue weighted by Gasteiger charge is -2.22. The van der Waals surface area contributed by atoms with E-state index in [1.807, 2.05) is 6.07 Å². The molecule has 132 valence electrons. The van der Waals surface area contributed by atoms with Gasteiger partial charge in [-0.15, -0.1) is 0 Å². The highest BCUT2D eigenvalue weighted by Crippen LogP contribution is 2.30. The summed E-state index contributed by atoms with van der Waals surface area (Å²) in [5.74, 6) is 0.900. The van der Waals surface area contributed by atoms with Crippen molar-refractivity contribution in [3.05, 3.63) is 54.6 Å². The van der Waals surface area contributed by atoms with Crippen molar-refractivity contribution in [1.82, 2.24) is 15.0 Å². The molecule has 4 rings (SSSR count). The van der Waals surface area contributed by atoms with Crippen molar-refractivity contribution in [2.45, 2.75) is 18.8 Å². The van der Waals surface area contributed by atoms with Gasteiger partial charge < -0.3 is 10.1 Å². The van der Waals surface area contributed by atoms with E-state index in [2.05, 4.69) is 37.7 Å². The quantitative estimate of drug-likeness (QED) is 0.755. The first-order valence-corrected chi connectivity index (χ1v) is 8.60. The third kappa shape index (κ3) is 3.62. The molecule has 0 bridgehead atoms. The van der Waals surface area contributed by atoms with Crippen LogP contribution in [0.1, 0.15) is 24.3 Å². The van der Waals surface area contributed by atoms with Gasteiger partial charge >= 0.3 is 6.03 Å². The van der Waals surface area contributed by atoms with Crippen molar-refractivity contribution in [2.24, 2.45) is 0 Å². The summed E-state index contributed by atoms with van der Waals surface area (Å²) in [7, 11) is 0. The first kappa shape index (κ1) is 16.4. The van der Waals surface area contributed by atoms with Crippen LogP contribution < -0.4 is 10.6 Å². The zero-order valence-corrected chi connectivity index (χ0v) is 14.2. The molecule has 0 aliphatic carbocycles. The molecule has 1 fully saturated rings. The molecular weight excluding hydrogens is 330 g/mol. The van der Waals surface area contributed by atoms with Crippen LogP contribution in [-0.4, -0.2) is 34.2 Å². The van der Waals surface area contributed by atoms with E-state index in [1.165, 1.54) is 18.0 Å². The van der Waals surface area contributed by atoms with Gasteiger partial charge in [0.15, 0.2) is 5.82 Å². The van der Waals surface area contributed by atoms with Gasteiger partial charge in [-0.25, -0.2) is 9.78 Å². The van der Waals surface area contributed by atoms with Gasteiger partial charge in [-0.3, -0.25) is 15.3 Å². The fourth-order valence-electron chi connectivity index (χ4n) is 3.19. The summed E-state index contributed by atoms with van der Waals surface area (Å²) in [4.78, 5) is 24.6. The Hall–Kier alpha value is -3.06. The summed E-state index contributed by atoms with van der Waals surface area (Å²) in [6.07, 6.45) is 8.33. The Balaban J connectivity index is 1.54. The number of pyridine rings is 1. The van der Waals surface area contributed by atoms with Crippen LogP contribution in [0.3, 0.4) is 0 Å². The normalized spacial score (nSPS) is 14.9. The van der Waals surface area contributed by atoms with Crippen molar-refractivity contribution in [3.63, 3.8) is 0 Å². The number of carbonyl (C=O) groups is 1. The molecule has 1 saturated heterocycles. The molecule has 0 spiro atoms. The van der Waals surface area contributed by atoms with E-state index in [4.69, 9.17) is 4.74 Å². The number of aromatic nitrogens is 3. The number of hydrogen-bond acceptors (Lipinski definition) is 5. The minimum absolute atomic E-state index is 0.369. The number of hydrogen-bond donors (Lipinski definition) is 2. The smallest absolute Gasteiger partial charge is 0.324 e. The van der Waals surface area contributed by atoms with Crippen LogP contribution in [0.5, 0.6) is 0 Å². The van der Waals surface area contributed by atoms with Crippen LogP contribution in [-0.2, 0) is 4.74 Å². The van der Waals surface area contributed by atoms with Gasteiger partial charge in [0, 0.05) is 37.2 Å². The Kier molecular flexibility index (Phi) is 4.70. The van der Waals surface area contributed by atoms with Gasteiger partial charge in [0.05, 0.1) is 17.4 Å². The van der Waals surface area contributed by atoms with Crippen LogP contribution in [0.25, 0.3) is 10.9 Å². The maximum absolute atomic E-state index is 12.2. The number of urea groups is 1. The van der Waals surface area contributed by atoms with Crippen molar-refractivity contribution in [3.8, 4) is 0 Å². The van der Waals surface area contributed by atoms with Crippen molar-refractivity contribution >= 4 is 28.4 Å². The van der Waals surface area contributed by atoms with Crippen molar-refractivity contribution in [1.29, 1.82) is 0 Å². The number of ether oxygens (including phenoxy) is 1. The predicted molar refractivity (Wildman–Crippen MR) is 99.2 cm³/mol. The summed E-state index contributed by atoms with van der Waals surface area (Å²) in [5.41, 5.74) is 2.84. The summed E-state index contributed by atoms with van der Waals surface area (Å²) >= 11 is 0. The van der Waals surface area contributed by atoms with Gasteiger partial charge in [0.1, 0.15) is 0 Å². The molecule has 1 aliphatic heterocycles. The molecule has 3 aromatic rings. The summed E-state index contributed by atoms with van der Waals surface area (Å²) in [6.45, 7) is 1.61. The molecule has 0 radical (unpaired) electrons. The summed E-state index contributed by atoms with van der Waals surface area (Å²) < 4.78 is 5.44. The third-order valence-electron chi connectivity index (χ3n) is 4.51. The number of amides is 2. The predicted octanol–water partition coefficient (Wildman–Crippen LogP) is 3.56. The molecule has 0 unspecified atom stereocenters. The Morgan fingerprint density at radius 1 is 1.04 bits per heavy atom. The van der Waals surface area contributed by atoms with E-state index in [0.29, 0.717) is 17.4 Å². The largest absolute Gasteiger partial charge is 0.381 e. The first-order chi connectivity index (χ1) is 12.8. The van der Waals surface area contributed by atoms with Gasteiger partial charge in [-0.2, -0.15) is 0 Å². The highest BCUT2D eigenvalue weighted by atomic mass is 16.5. The van der Waals surface area contributed by atoms with Crippen molar-refractivity contribution < 1.29 is 9.53 Å². The number of nitrogens with zero attached hydrogens (tertiary/aromatic N) is 3. The molecule has 2 aromatic heterocycles. The second-order valence-electron chi connectivity index (χ2n) is 6.19. The number of benzene rings is 1. The monoisotopic (exact) mass is 349 g/mol. The van der Waals surface area contributed by atoms with E-state index in [0.717, 1.165) is 37.0 Å². The number of rotatable bonds is 3. The Morgan fingerprint density at radius 2 is 1.92 bits per heavy atom. The van der Waals surface area contributed by atoms with Gasteiger partial charge in [-0.1, -0.05) is 12.1 Å². The Bertz CT molecular complexity index is 910. The fraction of sp³-hybridized carbons (Fsp3) is 0.263. The average Bonchev–Trinajstić information content (AvgIpc) is 2.69. The topological polar surface area (TPSA) is 89.0 Å². The second kappa shape index (κ2) is 7.45. The van der Waals surface area contributed by atoms with E-state index >= 15 is 0 Å². The molecule has 0 atom stereocenters. The Morgan fingerprint density at radius 3 is 2.73 bits per heavy atom. The molecule has 1 aromatic carbocycles. The fourth-order valence-corrected chi connectivity index (χ4v) is 3.19. The van der Waals surface area contributed by atoms with E-state index in [9.17, 15) is 4.79 Å². The molecule has 2 amide bonds. The molecule has 2 N–H and O–H groups in total. The van der Waals surface area contributed by atoms with E-state index in [-0.39, 0.29) is 6.03 Å². The SMILES string of the molecule is O=C(Nc1cnccn1)Nc1ccnc2cc(C3CCOCC3)ccc12. The number of anilines is 2. The minimum atomic E-state index is -0.369. The maximum Gasteiger partial charge on any atom is 0.324 e. The molecule has 3 heterocycles. The second-order valence-corrected chi connectivity index (χ2v) is 6.19. The summed E-state index contributed by atoms with van der Waals surface area (Å²) in [5, 5.41) is 6.42. The first-order valence-electron chi connectivity index (χ1n) is 8.60. The van der Waals surface area contributed by atoms with Crippen LogP contribution in [0, 0.1) is 0 Å². The lowest BCUT2D eigenvalue weighted by Crippen LogP contribution is -2.20. The lowest BCUT2D eigenvalue weighted by atomic mass is 9.91. The molecule has 26 heavy (non-hydrogen) atoms. The number of fused-ring (bicyclic) bond motifs is 1. The van der Waals surface area contributed by atoms with Gasteiger partial charge in [-0.05, 0) is 36.5 Å². The number of nitrogens with one attached hydrogen (secondary N) is 2. The molecule has 1 aliphatic rings. The molecule has 0 saturated carbocycles. The zero-order valence-electron chi connectivity index (χ0n) is 14.2. The van der Waals surface area contributed by atoms with Crippen LogP contribution in [0.4, 0.5) is 16.3 Å². The highest BCUT2D eigenvalue weighted by Gasteiger charge is 2.17. The van der Waals surface area contributed by atoms with Gasteiger partial charge in [0.2, 0.25) is 0 Å². The van der Waals surface area contributed by atoms with E-state index in [1.54, 1.807) is 18.5 Å². The van der Waals surface area contributed by atoms with E-state index < -0.39 is 0 Å². The Labute approximate surface area is 150 Å². The van der Waals surface area contributed by atoms with Crippen LogP contribution in [0.2, 0.25) is 0 Å². The average molecular weight is 349 g/mol. The molecule has 7 heteroatoms. The zero-order chi connectivity index (χ0) is 17.8. The van der Waals surface area contributed by atoms with Crippen molar-refractivity contribution in [2.75, 3.05) is 23.8 Å². The van der Waals surface area contributed by atoms with Crippen LogP contribution >= 0.6 is 0 Å². The maximum atomic E-state index is 12.2. The van der Waals surface area contributed by atoms with Gasteiger partial charge in [0.25, 0.3) is 0 Å². The standard InChI is InChI=1S/C19H19N5O2/c25-19(24-18-12-20-7-8-22-18)23-16-3-6-21-17-11-14(1-2-15(16)17)13-4-9-26-10-5-13/h1-3,6-8,11-13H,4-5,9-10H2,(H2,21,22,23,24,25). The summed E-state index contributed by atoms with van der Waals surface area (Å²) in [6, 6.07) is 7.66. The molecule has 7 nitrogen and oxygen atoms in total. The highest BCUT2D eigenvalue weighted by molar-refractivity contribution is 6.05. The third-order valence-corrected chi connectivity index (χ3v) is 4.51. The lowest BCUT2D eigenvalue weighted by molar-refractivity contribution is 0.0853.